The first-order valence-corrected chi connectivity index (χ1v) is 4.82. The minimum Gasteiger partial charge on any atom is -0.466 e. The fourth-order valence-corrected chi connectivity index (χ4v) is 1.28. The third-order valence-corrected chi connectivity index (χ3v) is 2.32. The summed E-state index contributed by atoms with van der Waals surface area (Å²) in [6, 6.07) is 0.238. The van der Waals surface area contributed by atoms with Crippen LogP contribution in [0, 0.1) is 0 Å². The van der Waals surface area contributed by atoms with Crippen molar-refractivity contribution in [1.29, 1.82) is 0 Å². The van der Waals surface area contributed by atoms with Crippen LogP contribution in [-0.2, 0) is 0 Å². The molecule has 7 heteroatoms. The third-order valence-electron chi connectivity index (χ3n) is 2.32. The van der Waals surface area contributed by atoms with Crippen LogP contribution in [0.5, 0.6) is 6.01 Å². The number of nitrogens with zero attached hydrogens (tertiary/aromatic N) is 2. The summed E-state index contributed by atoms with van der Waals surface area (Å²) in [4.78, 5) is 15.2. The summed E-state index contributed by atoms with van der Waals surface area (Å²) in [6.07, 6.45) is 3.28. The molecular weight excluding hydrogens is 198 g/mol. The fourth-order valence-electron chi connectivity index (χ4n) is 1.28. The van der Waals surface area contributed by atoms with Crippen LogP contribution >= 0.6 is 0 Å². The number of hydrogen-bond donors (Lipinski definition) is 3. The topological polar surface area (TPSA) is 91.9 Å². The molecule has 1 aromatic heterocycles. The second-order valence-corrected chi connectivity index (χ2v) is 3.40. The number of rotatable bonds is 3. The Hall–Kier alpha value is -1.79. The SMILES string of the molecule is COc1n[nH]c(NC(=O)NC2CCC2)n1. The standard InChI is InChI=1S/C8H13N5O2/c1-15-8-11-6(12-13-8)10-7(14)9-5-3-2-4-5/h5H,2-4H2,1H3,(H3,9,10,11,12,13,14). The van der Waals surface area contributed by atoms with Crippen LogP contribution in [0.3, 0.4) is 0 Å². The van der Waals surface area contributed by atoms with Crippen LogP contribution in [0.25, 0.3) is 0 Å². The fraction of sp³-hybridized carbons (Fsp3) is 0.625. The molecule has 1 aliphatic rings. The first-order chi connectivity index (χ1) is 7.28. The summed E-state index contributed by atoms with van der Waals surface area (Å²) in [6.45, 7) is 0. The number of nitrogens with one attached hydrogen (secondary N) is 3. The normalized spacial score (nSPS) is 15.5. The van der Waals surface area contributed by atoms with Gasteiger partial charge in [0.25, 0.3) is 0 Å². The van der Waals surface area contributed by atoms with Crippen molar-refractivity contribution in [2.75, 3.05) is 12.4 Å². The van der Waals surface area contributed by atoms with Crippen molar-refractivity contribution in [3.63, 3.8) is 0 Å². The summed E-state index contributed by atoms with van der Waals surface area (Å²) in [5.74, 6) is 0.281. The number of ether oxygens (including phenoxy) is 1. The molecule has 0 aromatic carbocycles. The van der Waals surface area contributed by atoms with E-state index >= 15 is 0 Å². The van der Waals surface area contributed by atoms with Crippen molar-refractivity contribution >= 4 is 12.0 Å². The average molecular weight is 211 g/mol. The lowest BCUT2D eigenvalue weighted by Gasteiger charge is -2.25. The molecule has 0 saturated heterocycles. The van der Waals surface area contributed by atoms with E-state index in [2.05, 4.69) is 25.8 Å². The number of aromatic nitrogens is 3. The van der Waals surface area contributed by atoms with E-state index in [-0.39, 0.29) is 18.0 Å². The molecule has 0 radical (unpaired) electrons. The highest BCUT2D eigenvalue weighted by atomic mass is 16.5. The molecule has 1 heterocycles. The molecule has 0 unspecified atom stereocenters. The van der Waals surface area contributed by atoms with Crippen LogP contribution in [0.15, 0.2) is 0 Å². The predicted molar refractivity (Wildman–Crippen MR) is 52.7 cm³/mol. The molecule has 0 aliphatic heterocycles. The Balaban J connectivity index is 1.82. The second-order valence-electron chi connectivity index (χ2n) is 3.40. The predicted octanol–water partition coefficient (Wildman–Crippen LogP) is 0.487. The molecule has 15 heavy (non-hydrogen) atoms. The lowest BCUT2D eigenvalue weighted by atomic mass is 9.93. The van der Waals surface area contributed by atoms with Gasteiger partial charge >= 0.3 is 12.0 Å². The number of H-pyrrole nitrogens is 1. The highest BCUT2D eigenvalue weighted by Gasteiger charge is 2.19. The maximum Gasteiger partial charge on any atom is 0.336 e. The molecule has 0 bridgehead atoms. The zero-order valence-electron chi connectivity index (χ0n) is 8.41. The van der Waals surface area contributed by atoms with Crippen molar-refractivity contribution in [2.24, 2.45) is 0 Å². The molecule has 1 aromatic rings. The molecule has 1 aliphatic carbocycles. The molecule has 2 amide bonds. The molecule has 3 N–H and O–H groups in total. The van der Waals surface area contributed by atoms with Crippen molar-refractivity contribution in [1.82, 2.24) is 20.5 Å². The number of aromatic amines is 1. The average Bonchev–Trinajstić information content (AvgIpc) is 2.59. The van der Waals surface area contributed by atoms with Gasteiger partial charge in [0.15, 0.2) is 0 Å². The molecule has 0 atom stereocenters. The van der Waals surface area contributed by atoms with Gasteiger partial charge in [-0.05, 0) is 19.3 Å². The van der Waals surface area contributed by atoms with Crippen LogP contribution < -0.4 is 15.4 Å². The van der Waals surface area contributed by atoms with Gasteiger partial charge < -0.3 is 10.1 Å². The Kier molecular flexibility index (Phi) is 2.70. The van der Waals surface area contributed by atoms with Crippen LogP contribution in [0.2, 0.25) is 0 Å². The molecular formula is C8H13N5O2. The Bertz CT molecular complexity index is 347. The molecule has 0 spiro atoms. The lowest BCUT2D eigenvalue weighted by Crippen LogP contribution is -2.42. The highest BCUT2D eigenvalue weighted by Crippen LogP contribution is 2.17. The van der Waals surface area contributed by atoms with E-state index in [4.69, 9.17) is 4.74 Å². The maximum atomic E-state index is 11.4. The van der Waals surface area contributed by atoms with Gasteiger partial charge in [0.05, 0.1) is 7.11 Å². The number of carbonyl (C=O) groups is 1. The molecule has 1 fully saturated rings. The zero-order chi connectivity index (χ0) is 10.7. The van der Waals surface area contributed by atoms with Crippen molar-refractivity contribution in [3.8, 4) is 6.01 Å². The summed E-state index contributed by atoms with van der Waals surface area (Å²) >= 11 is 0. The Morgan fingerprint density at radius 3 is 2.93 bits per heavy atom. The van der Waals surface area contributed by atoms with Gasteiger partial charge in [0.2, 0.25) is 5.95 Å². The van der Waals surface area contributed by atoms with Gasteiger partial charge in [0, 0.05) is 6.04 Å². The Labute approximate surface area is 86.6 Å². The van der Waals surface area contributed by atoms with Crippen LogP contribution in [-0.4, -0.2) is 34.4 Å². The Morgan fingerprint density at radius 1 is 1.60 bits per heavy atom. The van der Waals surface area contributed by atoms with Gasteiger partial charge in [0.1, 0.15) is 0 Å². The van der Waals surface area contributed by atoms with E-state index in [1.807, 2.05) is 0 Å². The number of methoxy groups -OCH3 is 1. The van der Waals surface area contributed by atoms with E-state index in [0.29, 0.717) is 6.04 Å². The number of carbonyl (C=O) groups excluding carboxylic acids is 1. The molecule has 1 saturated carbocycles. The van der Waals surface area contributed by atoms with Crippen LogP contribution in [0.1, 0.15) is 19.3 Å². The van der Waals surface area contributed by atoms with Gasteiger partial charge in [-0.25, -0.2) is 9.89 Å². The maximum absolute atomic E-state index is 11.4. The monoisotopic (exact) mass is 211 g/mol. The molecule has 82 valence electrons. The second kappa shape index (κ2) is 4.16. The van der Waals surface area contributed by atoms with E-state index in [9.17, 15) is 4.79 Å². The van der Waals surface area contributed by atoms with Crippen molar-refractivity contribution < 1.29 is 9.53 Å². The molecule has 7 nitrogen and oxygen atoms in total. The third kappa shape index (κ3) is 2.36. The first-order valence-electron chi connectivity index (χ1n) is 4.82. The number of hydrogen-bond acceptors (Lipinski definition) is 4. The van der Waals surface area contributed by atoms with E-state index in [0.717, 1.165) is 12.8 Å². The zero-order valence-corrected chi connectivity index (χ0v) is 8.41. The summed E-state index contributed by atoms with van der Waals surface area (Å²) < 4.78 is 4.76. The minimum absolute atomic E-state index is 0.203. The Morgan fingerprint density at radius 2 is 2.40 bits per heavy atom. The van der Waals surface area contributed by atoms with E-state index < -0.39 is 0 Å². The molecule has 2 rings (SSSR count). The lowest BCUT2D eigenvalue weighted by molar-refractivity contribution is 0.240. The summed E-state index contributed by atoms with van der Waals surface area (Å²) in [5.41, 5.74) is 0. The van der Waals surface area contributed by atoms with E-state index in [1.54, 1.807) is 0 Å². The highest BCUT2D eigenvalue weighted by molar-refractivity contribution is 5.87. The minimum atomic E-state index is -0.265. The quantitative estimate of drug-likeness (QED) is 0.678. The first kappa shape index (κ1) is 9.75. The number of anilines is 1. The van der Waals surface area contributed by atoms with Crippen molar-refractivity contribution in [2.45, 2.75) is 25.3 Å². The van der Waals surface area contributed by atoms with Gasteiger partial charge in [-0.3, -0.25) is 5.32 Å². The van der Waals surface area contributed by atoms with Crippen LogP contribution in [0.4, 0.5) is 10.7 Å². The summed E-state index contributed by atoms with van der Waals surface area (Å²) in [5, 5.41) is 11.6. The van der Waals surface area contributed by atoms with E-state index in [1.165, 1.54) is 13.5 Å². The van der Waals surface area contributed by atoms with Gasteiger partial charge in [-0.1, -0.05) is 0 Å². The van der Waals surface area contributed by atoms with Crippen molar-refractivity contribution in [3.05, 3.63) is 0 Å². The summed E-state index contributed by atoms with van der Waals surface area (Å²) in [7, 11) is 1.46. The number of amides is 2. The van der Waals surface area contributed by atoms with Gasteiger partial charge in [-0.15, -0.1) is 5.10 Å². The smallest absolute Gasteiger partial charge is 0.336 e. The number of urea groups is 1. The van der Waals surface area contributed by atoms with Gasteiger partial charge in [-0.2, -0.15) is 4.98 Å². The largest absolute Gasteiger partial charge is 0.466 e.